The lowest BCUT2D eigenvalue weighted by Crippen LogP contribution is -2.03. The highest BCUT2D eigenvalue weighted by Gasteiger charge is 2.17. The lowest BCUT2D eigenvalue weighted by atomic mass is 9.99. The molecule has 4 nitrogen and oxygen atoms in total. The molecule has 0 saturated heterocycles. The average molecular weight is 216 g/mol. The summed E-state index contributed by atoms with van der Waals surface area (Å²) in [5, 5.41) is 0. The topological polar surface area (TPSA) is 54.5 Å². The third-order valence-electron chi connectivity index (χ3n) is 3.41. The maximum absolute atomic E-state index is 4.55. The molecule has 0 amide bonds. The normalized spacial score (nSPS) is 18.8. The smallest absolute Gasteiger partial charge is 0.180 e. The first-order valence-corrected chi connectivity index (χ1v) is 6.09. The van der Waals surface area contributed by atoms with Crippen LogP contribution in [-0.2, 0) is 0 Å². The Bertz CT molecular complexity index is 469. The number of H-pyrrole nitrogens is 1. The fourth-order valence-electron chi connectivity index (χ4n) is 2.48. The van der Waals surface area contributed by atoms with Gasteiger partial charge in [-0.05, 0) is 12.8 Å². The van der Waals surface area contributed by atoms with Gasteiger partial charge in [0.1, 0.15) is 11.3 Å². The molecule has 16 heavy (non-hydrogen) atoms. The Hall–Kier alpha value is -1.45. The zero-order chi connectivity index (χ0) is 10.8. The van der Waals surface area contributed by atoms with Crippen LogP contribution in [0.2, 0.25) is 0 Å². The van der Waals surface area contributed by atoms with Gasteiger partial charge in [-0.25, -0.2) is 15.0 Å². The summed E-state index contributed by atoms with van der Waals surface area (Å²) < 4.78 is 0. The van der Waals surface area contributed by atoms with E-state index in [0.717, 1.165) is 17.0 Å². The van der Waals surface area contributed by atoms with Gasteiger partial charge < -0.3 is 4.98 Å². The number of imidazole rings is 1. The van der Waals surface area contributed by atoms with Gasteiger partial charge in [0, 0.05) is 5.92 Å². The van der Waals surface area contributed by atoms with E-state index in [2.05, 4.69) is 19.9 Å². The molecule has 1 N–H and O–H groups in total. The molecular formula is C12H16N4. The number of aromatic nitrogens is 4. The highest BCUT2D eigenvalue weighted by atomic mass is 15.0. The number of hydrogen-bond acceptors (Lipinski definition) is 3. The van der Waals surface area contributed by atoms with Crippen LogP contribution in [0.4, 0.5) is 0 Å². The Kier molecular flexibility index (Phi) is 2.56. The average Bonchev–Trinajstić information content (AvgIpc) is 2.61. The maximum atomic E-state index is 4.55. The van der Waals surface area contributed by atoms with Crippen LogP contribution < -0.4 is 0 Å². The van der Waals surface area contributed by atoms with Crippen LogP contribution in [0.15, 0.2) is 12.5 Å². The second kappa shape index (κ2) is 4.20. The Morgan fingerprint density at radius 3 is 2.69 bits per heavy atom. The Balaban J connectivity index is 1.91. The van der Waals surface area contributed by atoms with Crippen LogP contribution >= 0.6 is 0 Å². The summed E-state index contributed by atoms with van der Waals surface area (Å²) in [7, 11) is 0. The second-order valence-corrected chi connectivity index (χ2v) is 4.56. The summed E-state index contributed by atoms with van der Waals surface area (Å²) in [6.07, 6.45) is 11.3. The molecular weight excluding hydrogens is 200 g/mol. The lowest BCUT2D eigenvalue weighted by molar-refractivity contribution is 0.562. The van der Waals surface area contributed by atoms with E-state index in [0.29, 0.717) is 5.92 Å². The van der Waals surface area contributed by atoms with E-state index in [1.54, 1.807) is 6.33 Å². The van der Waals surface area contributed by atoms with E-state index < -0.39 is 0 Å². The summed E-state index contributed by atoms with van der Waals surface area (Å²) in [6.45, 7) is 0. The minimum absolute atomic E-state index is 0.545. The fourth-order valence-corrected chi connectivity index (χ4v) is 2.48. The maximum Gasteiger partial charge on any atom is 0.180 e. The largest absolute Gasteiger partial charge is 0.342 e. The van der Waals surface area contributed by atoms with E-state index in [1.165, 1.54) is 38.5 Å². The van der Waals surface area contributed by atoms with Gasteiger partial charge in [0.2, 0.25) is 0 Å². The van der Waals surface area contributed by atoms with Crippen molar-refractivity contribution in [1.29, 1.82) is 0 Å². The molecule has 3 rings (SSSR count). The summed E-state index contributed by atoms with van der Waals surface area (Å²) in [4.78, 5) is 16.2. The molecule has 0 spiro atoms. The lowest BCUT2D eigenvalue weighted by Gasteiger charge is -2.11. The highest BCUT2D eigenvalue weighted by Crippen LogP contribution is 2.29. The zero-order valence-corrected chi connectivity index (χ0v) is 9.32. The van der Waals surface area contributed by atoms with E-state index in [1.807, 2.05) is 6.20 Å². The van der Waals surface area contributed by atoms with Crippen molar-refractivity contribution in [2.45, 2.75) is 44.4 Å². The van der Waals surface area contributed by atoms with Gasteiger partial charge in [0.05, 0.1) is 12.5 Å². The standard InChI is InChI=1S/C12H16N4/c1-2-4-6-9(5-3-1)11-13-7-10-12(16-11)15-8-14-10/h7-9H,1-6H2,(H,13,14,15,16). The number of fused-ring (bicyclic) bond motifs is 1. The zero-order valence-electron chi connectivity index (χ0n) is 9.32. The van der Waals surface area contributed by atoms with Crippen molar-refractivity contribution in [2.75, 3.05) is 0 Å². The van der Waals surface area contributed by atoms with Crippen molar-refractivity contribution in [3.05, 3.63) is 18.3 Å². The molecule has 84 valence electrons. The van der Waals surface area contributed by atoms with Crippen LogP contribution in [0, 0.1) is 0 Å². The van der Waals surface area contributed by atoms with Crippen molar-refractivity contribution >= 4 is 11.2 Å². The quantitative estimate of drug-likeness (QED) is 0.746. The Labute approximate surface area is 94.5 Å². The number of nitrogens with zero attached hydrogens (tertiary/aromatic N) is 3. The molecule has 2 aromatic heterocycles. The van der Waals surface area contributed by atoms with Crippen molar-refractivity contribution in [1.82, 2.24) is 19.9 Å². The number of hydrogen-bond donors (Lipinski definition) is 1. The van der Waals surface area contributed by atoms with Crippen LogP contribution in [0.25, 0.3) is 11.2 Å². The van der Waals surface area contributed by atoms with E-state index in [-0.39, 0.29) is 0 Å². The molecule has 1 aliphatic carbocycles. The molecule has 2 aromatic rings. The summed E-state index contributed by atoms with van der Waals surface area (Å²) in [5.74, 6) is 1.53. The molecule has 0 bridgehead atoms. The van der Waals surface area contributed by atoms with Crippen molar-refractivity contribution in [3.63, 3.8) is 0 Å². The predicted molar refractivity (Wildman–Crippen MR) is 62.1 cm³/mol. The van der Waals surface area contributed by atoms with Gasteiger partial charge in [-0.2, -0.15) is 0 Å². The first-order chi connectivity index (χ1) is 7.93. The van der Waals surface area contributed by atoms with Crippen molar-refractivity contribution < 1.29 is 0 Å². The number of nitrogens with one attached hydrogen (secondary N) is 1. The molecule has 1 saturated carbocycles. The van der Waals surface area contributed by atoms with Crippen molar-refractivity contribution in [3.8, 4) is 0 Å². The highest BCUT2D eigenvalue weighted by molar-refractivity contribution is 5.68. The van der Waals surface area contributed by atoms with Gasteiger partial charge >= 0.3 is 0 Å². The summed E-state index contributed by atoms with van der Waals surface area (Å²) in [5.41, 5.74) is 1.73. The van der Waals surface area contributed by atoms with Gasteiger partial charge in [-0.1, -0.05) is 25.7 Å². The molecule has 1 fully saturated rings. The molecule has 2 heterocycles. The summed E-state index contributed by atoms with van der Waals surface area (Å²) >= 11 is 0. The molecule has 0 unspecified atom stereocenters. The number of rotatable bonds is 1. The predicted octanol–water partition coefficient (Wildman–Crippen LogP) is 2.79. The first kappa shape index (κ1) is 9.75. The fraction of sp³-hybridized carbons (Fsp3) is 0.583. The minimum Gasteiger partial charge on any atom is -0.342 e. The van der Waals surface area contributed by atoms with Crippen LogP contribution in [-0.4, -0.2) is 19.9 Å². The second-order valence-electron chi connectivity index (χ2n) is 4.56. The molecule has 0 aliphatic heterocycles. The third kappa shape index (κ3) is 1.79. The van der Waals surface area contributed by atoms with Gasteiger partial charge in [0.15, 0.2) is 5.65 Å². The van der Waals surface area contributed by atoms with Crippen LogP contribution in [0.1, 0.15) is 50.3 Å². The van der Waals surface area contributed by atoms with Crippen LogP contribution in [0.5, 0.6) is 0 Å². The summed E-state index contributed by atoms with van der Waals surface area (Å²) in [6, 6.07) is 0. The SMILES string of the molecule is c1nc2nc(C3CCCCCC3)ncc2[nH]1. The third-order valence-corrected chi connectivity index (χ3v) is 3.41. The van der Waals surface area contributed by atoms with Gasteiger partial charge in [0.25, 0.3) is 0 Å². The number of aromatic amines is 1. The van der Waals surface area contributed by atoms with Crippen molar-refractivity contribution in [2.24, 2.45) is 0 Å². The molecule has 4 heteroatoms. The Morgan fingerprint density at radius 1 is 1.06 bits per heavy atom. The van der Waals surface area contributed by atoms with E-state index in [9.17, 15) is 0 Å². The van der Waals surface area contributed by atoms with Crippen LogP contribution in [0.3, 0.4) is 0 Å². The van der Waals surface area contributed by atoms with E-state index in [4.69, 9.17) is 0 Å². The molecule has 0 radical (unpaired) electrons. The Morgan fingerprint density at radius 2 is 1.88 bits per heavy atom. The molecule has 1 aliphatic rings. The van der Waals surface area contributed by atoms with E-state index >= 15 is 0 Å². The van der Waals surface area contributed by atoms with Gasteiger partial charge in [-0.15, -0.1) is 0 Å². The minimum atomic E-state index is 0.545. The first-order valence-electron chi connectivity index (χ1n) is 6.09. The molecule has 0 atom stereocenters. The monoisotopic (exact) mass is 216 g/mol. The van der Waals surface area contributed by atoms with Gasteiger partial charge in [-0.3, -0.25) is 0 Å². The molecule has 0 aromatic carbocycles.